The minimum Gasteiger partial charge on any atom is -0.339 e. The monoisotopic (exact) mass is 346 g/mol. The van der Waals surface area contributed by atoms with Crippen molar-refractivity contribution in [3.05, 3.63) is 59.6 Å². The first-order valence-corrected chi connectivity index (χ1v) is 9.47. The van der Waals surface area contributed by atoms with Gasteiger partial charge in [0.05, 0.1) is 4.90 Å². The quantitative estimate of drug-likeness (QED) is 0.665. The fraction of sp³-hybridized carbons (Fsp3) is 0.0769. The second kappa shape index (κ2) is 6.30. The lowest BCUT2D eigenvalue weighted by molar-refractivity contribution is 0.350. The zero-order valence-corrected chi connectivity index (χ0v) is 13.2. The Hall–Kier alpha value is -1.17. The highest BCUT2D eigenvalue weighted by Gasteiger charge is 2.26. The molecule has 1 atom stereocenters. The van der Waals surface area contributed by atoms with Crippen LogP contribution in [0.5, 0.6) is 0 Å². The molecule has 8 heteroatoms. The van der Waals surface area contributed by atoms with E-state index >= 15 is 0 Å². The third kappa shape index (κ3) is 4.15. The zero-order valence-electron chi connectivity index (χ0n) is 10.7. The van der Waals surface area contributed by atoms with Crippen molar-refractivity contribution in [1.82, 2.24) is 0 Å². The molecule has 2 aromatic carbocycles. The topological polar surface area (TPSA) is 80.7 Å². The molecular formula is C13H12ClO5PS. The van der Waals surface area contributed by atoms with Crippen molar-refractivity contribution in [2.75, 3.05) is 6.35 Å². The third-order valence-corrected chi connectivity index (χ3v) is 5.93. The molecule has 21 heavy (non-hydrogen) atoms. The van der Waals surface area contributed by atoms with Gasteiger partial charge in [0.2, 0.25) is 0 Å². The van der Waals surface area contributed by atoms with Crippen LogP contribution in [0.15, 0.2) is 59.5 Å². The van der Waals surface area contributed by atoms with Gasteiger partial charge in [-0.25, -0.2) is 0 Å². The van der Waals surface area contributed by atoms with Gasteiger partial charge in [-0.2, -0.15) is 8.42 Å². The van der Waals surface area contributed by atoms with Gasteiger partial charge in [-0.3, -0.25) is 8.75 Å². The van der Waals surface area contributed by atoms with E-state index in [1.807, 2.05) is 0 Å². The Morgan fingerprint density at radius 1 is 1.05 bits per heavy atom. The normalized spacial score (nSPS) is 14.6. The summed E-state index contributed by atoms with van der Waals surface area (Å²) in [6.45, 7) is 0. The Labute approximate surface area is 127 Å². The summed E-state index contributed by atoms with van der Waals surface area (Å²) in [5.74, 6) is 0. The summed E-state index contributed by atoms with van der Waals surface area (Å²) in [5, 5.41) is 0.492. The number of benzene rings is 2. The van der Waals surface area contributed by atoms with Gasteiger partial charge >= 0.3 is 0 Å². The van der Waals surface area contributed by atoms with Crippen LogP contribution in [0, 0.1) is 0 Å². The Kier molecular flexibility index (Phi) is 4.86. The van der Waals surface area contributed by atoms with E-state index in [2.05, 4.69) is 0 Å². The van der Waals surface area contributed by atoms with Crippen LogP contribution in [-0.4, -0.2) is 19.7 Å². The second-order valence-corrected chi connectivity index (χ2v) is 8.42. The molecule has 2 rings (SSSR count). The maximum Gasteiger partial charge on any atom is 0.297 e. The fourth-order valence-electron chi connectivity index (χ4n) is 1.54. The molecule has 0 aliphatic rings. The molecule has 0 saturated heterocycles. The molecular weight excluding hydrogens is 335 g/mol. The Morgan fingerprint density at radius 2 is 1.62 bits per heavy atom. The highest BCUT2D eigenvalue weighted by molar-refractivity contribution is 7.87. The molecule has 1 N–H and O–H groups in total. The SMILES string of the molecule is O=P(O)(COS(=O)(=O)c1ccccc1)c1ccc(Cl)cc1. The van der Waals surface area contributed by atoms with Crippen molar-refractivity contribution in [3.63, 3.8) is 0 Å². The summed E-state index contributed by atoms with van der Waals surface area (Å²) >= 11 is 5.69. The van der Waals surface area contributed by atoms with Crippen molar-refractivity contribution in [3.8, 4) is 0 Å². The van der Waals surface area contributed by atoms with Crippen LogP contribution in [0.4, 0.5) is 0 Å². The predicted octanol–water partition coefficient (Wildman–Crippen LogP) is 2.60. The maximum atomic E-state index is 12.1. The number of halogens is 1. The van der Waals surface area contributed by atoms with Gasteiger partial charge in [0, 0.05) is 10.3 Å². The molecule has 0 spiro atoms. The number of hydrogen-bond donors (Lipinski definition) is 1. The predicted molar refractivity (Wildman–Crippen MR) is 80.5 cm³/mol. The van der Waals surface area contributed by atoms with E-state index in [9.17, 15) is 17.9 Å². The lowest BCUT2D eigenvalue weighted by Gasteiger charge is -2.12. The number of rotatable bonds is 5. The van der Waals surface area contributed by atoms with Crippen LogP contribution in [0.2, 0.25) is 5.02 Å². The summed E-state index contributed by atoms with van der Waals surface area (Å²) < 4.78 is 40.6. The average molecular weight is 347 g/mol. The Morgan fingerprint density at radius 3 is 2.19 bits per heavy atom. The van der Waals surface area contributed by atoms with Gasteiger partial charge in [0.25, 0.3) is 17.5 Å². The molecule has 0 fully saturated rings. The van der Waals surface area contributed by atoms with Gasteiger partial charge in [-0.05, 0) is 36.4 Å². The zero-order chi connectivity index (χ0) is 15.5. The highest BCUT2D eigenvalue weighted by atomic mass is 35.5. The molecule has 112 valence electrons. The van der Waals surface area contributed by atoms with E-state index in [4.69, 9.17) is 15.8 Å². The summed E-state index contributed by atoms with van der Waals surface area (Å²) in [4.78, 5) is 9.84. The Balaban J connectivity index is 2.15. The van der Waals surface area contributed by atoms with Crippen molar-refractivity contribution >= 4 is 34.4 Å². The van der Waals surface area contributed by atoms with Crippen LogP contribution < -0.4 is 5.30 Å². The van der Waals surface area contributed by atoms with E-state index in [0.717, 1.165) is 0 Å². The summed E-state index contributed by atoms with van der Waals surface area (Å²) in [5.41, 5.74) is 0. The largest absolute Gasteiger partial charge is 0.339 e. The van der Waals surface area contributed by atoms with E-state index in [1.54, 1.807) is 6.07 Å². The minimum absolute atomic E-state index is 0.0684. The third-order valence-electron chi connectivity index (χ3n) is 2.64. The van der Waals surface area contributed by atoms with Crippen molar-refractivity contribution in [1.29, 1.82) is 0 Å². The lowest BCUT2D eigenvalue weighted by Crippen LogP contribution is -2.13. The van der Waals surface area contributed by atoms with Crippen LogP contribution in [0.25, 0.3) is 0 Å². The highest BCUT2D eigenvalue weighted by Crippen LogP contribution is 2.40. The van der Waals surface area contributed by atoms with Crippen LogP contribution in [-0.2, 0) is 18.9 Å². The number of hydrogen-bond acceptors (Lipinski definition) is 4. The molecule has 0 aromatic heterocycles. The second-order valence-electron chi connectivity index (χ2n) is 4.19. The summed E-state index contributed by atoms with van der Waals surface area (Å²) in [6, 6.07) is 13.0. The van der Waals surface area contributed by atoms with Gasteiger partial charge in [0.1, 0.15) is 6.35 Å². The Bertz CT molecular complexity index is 759. The van der Waals surface area contributed by atoms with E-state index in [1.165, 1.54) is 48.5 Å². The molecule has 0 bridgehead atoms. The lowest BCUT2D eigenvalue weighted by atomic mass is 10.4. The molecule has 0 aliphatic heterocycles. The first kappa shape index (κ1) is 16.2. The molecule has 5 nitrogen and oxygen atoms in total. The minimum atomic E-state index is -4.07. The van der Waals surface area contributed by atoms with Crippen LogP contribution in [0.3, 0.4) is 0 Å². The van der Waals surface area contributed by atoms with Gasteiger partial charge < -0.3 is 4.89 Å². The molecule has 0 radical (unpaired) electrons. The smallest absolute Gasteiger partial charge is 0.297 e. The standard InChI is InChI=1S/C13H12ClO5PS/c14-11-6-8-12(9-7-11)20(15,16)10-19-21(17,18)13-4-2-1-3-5-13/h1-9H,10H2,(H,15,16). The average Bonchev–Trinajstić information content (AvgIpc) is 2.47. The van der Waals surface area contributed by atoms with Gasteiger partial charge in [-0.1, -0.05) is 29.8 Å². The van der Waals surface area contributed by atoms with E-state index in [-0.39, 0.29) is 10.2 Å². The van der Waals surface area contributed by atoms with Crippen LogP contribution >= 0.6 is 19.0 Å². The van der Waals surface area contributed by atoms with Crippen molar-refractivity contribution < 1.29 is 22.1 Å². The fourth-order valence-corrected chi connectivity index (χ4v) is 4.19. The molecule has 1 unspecified atom stereocenters. The first-order chi connectivity index (χ1) is 9.81. The molecule has 2 aromatic rings. The van der Waals surface area contributed by atoms with Crippen molar-refractivity contribution in [2.24, 2.45) is 0 Å². The molecule has 0 heterocycles. The first-order valence-electron chi connectivity index (χ1n) is 5.84. The molecule has 0 amide bonds. The van der Waals surface area contributed by atoms with Gasteiger partial charge in [-0.15, -0.1) is 0 Å². The van der Waals surface area contributed by atoms with Gasteiger partial charge in [0.15, 0.2) is 0 Å². The van der Waals surface area contributed by atoms with Crippen molar-refractivity contribution in [2.45, 2.75) is 4.90 Å². The summed E-state index contributed by atoms with van der Waals surface area (Å²) in [7, 11) is -8.01. The van der Waals surface area contributed by atoms with E-state index in [0.29, 0.717) is 5.02 Å². The van der Waals surface area contributed by atoms with E-state index < -0.39 is 23.8 Å². The maximum absolute atomic E-state index is 12.1. The van der Waals surface area contributed by atoms with Crippen LogP contribution in [0.1, 0.15) is 0 Å². The molecule has 0 aliphatic carbocycles. The summed E-state index contributed by atoms with van der Waals surface area (Å²) in [6.07, 6.45) is -0.828. The molecule has 0 saturated carbocycles.